The van der Waals surface area contributed by atoms with Crippen molar-refractivity contribution in [3.8, 4) is 6.07 Å². The van der Waals surface area contributed by atoms with Gasteiger partial charge in [0.2, 0.25) is 0 Å². The maximum absolute atomic E-state index is 12.2. The summed E-state index contributed by atoms with van der Waals surface area (Å²) in [4.78, 5) is 28.7. The van der Waals surface area contributed by atoms with E-state index >= 15 is 0 Å². The van der Waals surface area contributed by atoms with Gasteiger partial charge in [-0.2, -0.15) is 5.26 Å². The van der Waals surface area contributed by atoms with Crippen molar-refractivity contribution in [1.29, 1.82) is 5.26 Å². The lowest BCUT2D eigenvalue weighted by atomic mass is 10.2. The fourth-order valence-corrected chi connectivity index (χ4v) is 3.52. The van der Waals surface area contributed by atoms with Gasteiger partial charge in [-0.3, -0.25) is 18.8 Å². The zero-order chi connectivity index (χ0) is 17.3. The van der Waals surface area contributed by atoms with E-state index < -0.39 is 11.2 Å². The van der Waals surface area contributed by atoms with E-state index in [0.29, 0.717) is 25.0 Å². The second-order valence-corrected chi connectivity index (χ2v) is 6.44. The van der Waals surface area contributed by atoms with Crippen LogP contribution in [0.25, 0.3) is 0 Å². The summed E-state index contributed by atoms with van der Waals surface area (Å²) in [5.74, 6) is 0.433. The predicted octanol–water partition coefficient (Wildman–Crippen LogP) is -0.743. The summed E-state index contributed by atoms with van der Waals surface area (Å²) in [6.45, 7) is 4.80. The van der Waals surface area contributed by atoms with Crippen LogP contribution in [-0.2, 0) is 18.8 Å². The van der Waals surface area contributed by atoms with Gasteiger partial charge in [0.1, 0.15) is 11.9 Å². The van der Waals surface area contributed by atoms with Crippen molar-refractivity contribution in [2.24, 2.45) is 14.1 Å². The van der Waals surface area contributed by atoms with Crippen LogP contribution in [0, 0.1) is 11.3 Å². The van der Waals surface area contributed by atoms with E-state index in [-0.39, 0.29) is 5.56 Å². The Bertz CT molecular complexity index is 762. The van der Waals surface area contributed by atoms with E-state index in [4.69, 9.17) is 4.74 Å². The average Bonchev–Trinajstić information content (AvgIpc) is 3.10. The topological polar surface area (TPSA) is 83.5 Å². The molecule has 8 heteroatoms. The summed E-state index contributed by atoms with van der Waals surface area (Å²) in [7, 11) is 3.01. The number of nitrogens with zero attached hydrogens (tertiary/aromatic N) is 5. The molecule has 1 atom stereocenters. The van der Waals surface area contributed by atoms with E-state index in [0.717, 1.165) is 43.6 Å². The minimum Gasteiger partial charge on any atom is -0.377 e. The first-order valence-electron chi connectivity index (χ1n) is 8.32. The van der Waals surface area contributed by atoms with E-state index in [1.54, 1.807) is 7.05 Å². The molecule has 8 nitrogen and oxygen atoms in total. The fourth-order valence-electron chi connectivity index (χ4n) is 3.52. The molecule has 0 spiro atoms. The van der Waals surface area contributed by atoms with Crippen molar-refractivity contribution in [2.75, 3.05) is 44.2 Å². The number of hydrogen-bond acceptors (Lipinski definition) is 6. The van der Waals surface area contributed by atoms with Crippen LogP contribution in [0.4, 0.5) is 5.82 Å². The molecule has 0 radical (unpaired) electrons. The number of piperazine rings is 1. The summed E-state index contributed by atoms with van der Waals surface area (Å²) in [5, 5.41) is 9.38. The van der Waals surface area contributed by atoms with Gasteiger partial charge in [0.05, 0.1) is 6.10 Å². The molecule has 24 heavy (non-hydrogen) atoms. The molecule has 1 unspecified atom stereocenters. The predicted molar refractivity (Wildman–Crippen MR) is 89.3 cm³/mol. The summed E-state index contributed by atoms with van der Waals surface area (Å²) in [6, 6.07) is 1.97. The third-order valence-electron chi connectivity index (χ3n) is 4.90. The Labute approximate surface area is 140 Å². The van der Waals surface area contributed by atoms with Gasteiger partial charge in [-0.25, -0.2) is 4.79 Å². The van der Waals surface area contributed by atoms with Crippen LogP contribution >= 0.6 is 0 Å². The smallest absolute Gasteiger partial charge is 0.332 e. The number of aromatic nitrogens is 2. The van der Waals surface area contributed by atoms with E-state index in [9.17, 15) is 14.9 Å². The van der Waals surface area contributed by atoms with Crippen molar-refractivity contribution >= 4 is 5.82 Å². The Morgan fingerprint density at radius 2 is 1.88 bits per heavy atom. The van der Waals surface area contributed by atoms with Crippen molar-refractivity contribution in [1.82, 2.24) is 14.0 Å². The van der Waals surface area contributed by atoms with E-state index in [1.807, 2.05) is 11.0 Å². The van der Waals surface area contributed by atoms with Gasteiger partial charge in [-0.1, -0.05) is 0 Å². The minimum atomic E-state index is -0.530. The molecule has 0 aliphatic carbocycles. The van der Waals surface area contributed by atoms with Crippen LogP contribution in [-0.4, -0.2) is 59.5 Å². The first kappa shape index (κ1) is 16.7. The Morgan fingerprint density at radius 1 is 1.17 bits per heavy atom. The quantitative estimate of drug-likeness (QED) is 0.724. The number of rotatable bonds is 3. The summed E-state index contributed by atoms with van der Waals surface area (Å²) >= 11 is 0. The lowest BCUT2D eigenvalue weighted by Gasteiger charge is -2.37. The molecule has 0 bridgehead atoms. The highest BCUT2D eigenvalue weighted by molar-refractivity contribution is 5.53. The maximum atomic E-state index is 12.2. The van der Waals surface area contributed by atoms with E-state index in [1.165, 1.54) is 11.6 Å². The summed E-state index contributed by atoms with van der Waals surface area (Å²) < 4.78 is 8.06. The van der Waals surface area contributed by atoms with Crippen molar-refractivity contribution in [3.63, 3.8) is 0 Å². The molecule has 2 aliphatic heterocycles. The highest BCUT2D eigenvalue weighted by atomic mass is 16.5. The van der Waals surface area contributed by atoms with Gasteiger partial charge in [-0.15, -0.1) is 0 Å². The molecule has 1 aromatic heterocycles. The third-order valence-corrected chi connectivity index (χ3v) is 4.90. The molecule has 3 rings (SSSR count). The Hall–Kier alpha value is -2.11. The SMILES string of the molecule is Cn1c(N2CCN(CC3CCCO3)CC2)c(C#N)c(=O)n(C)c1=O. The van der Waals surface area contributed by atoms with Gasteiger partial charge >= 0.3 is 5.69 Å². The second kappa shape index (κ2) is 6.79. The average molecular weight is 333 g/mol. The standard InChI is InChI=1S/C16H23N5O3/c1-18-14(13(10-17)15(22)19(2)16(18)23)21-7-5-20(6-8-21)11-12-4-3-9-24-12/h12H,3-9,11H2,1-2H3. The zero-order valence-electron chi connectivity index (χ0n) is 14.2. The van der Waals surface area contributed by atoms with Crippen molar-refractivity contribution in [3.05, 3.63) is 26.4 Å². The Morgan fingerprint density at radius 3 is 2.46 bits per heavy atom. The van der Waals surface area contributed by atoms with Crippen LogP contribution in [0.5, 0.6) is 0 Å². The van der Waals surface area contributed by atoms with Gasteiger partial charge in [0.25, 0.3) is 5.56 Å². The van der Waals surface area contributed by atoms with Crippen LogP contribution in [0.15, 0.2) is 9.59 Å². The summed E-state index contributed by atoms with van der Waals surface area (Å²) in [5.41, 5.74) is -0.902. The molecule has 130 valence electrons. The molecule has 0 saturated carbocycles. The summed E-state index contributed by atoms with van der Waals surface area (Å²) in [6.07, 6.45) is 2.56. The maximum Gasteiger partial charge on any atom is 0.332 e. The van der Waals surface area contributed by atoms with Crippen LogP contribution in [0.2, 0.25) is 0 Å². The molecule has 1 aromatic rings. The molecular formula is C16H23N5O3. The Kier molecular flexibility index (Phi) is 4.73. The minimum absolute atomic E-state index is 0.0344. The van der Waals surface area contributed by atoms with Crippen molar-refractivity contribution < 1.29 is 4.74 Å². The third kappa shape index (κ3) is 2.97. The van der Waals surface area contributed by atoms with Crippen LogP contribution in [0.1, 0.15) is 18.4 Å². The largest absolute Gasteiger partial charge is 0.377 e. The number of anilines is 1. The molecule has 0 N–H and O–H groups in total. The first-order chi connectivity index (χ1) is 11.5. The zero-order valence-corrected chi connectivity index (χ0v) is 14.2. The number of nitriles is 1. The van der Waals surface area contributed by atoms with Gasteiger partial charge in [0.15, 0.2) is 5.56 Å². The molecule has 3 heterocycles. The molecule has 0 aromatic carbocycles. The van der Waals surface area contributed by atoms with Gasteiger partial charge in [-0.05, 0) is 12.8 Å². The van der Waals surface area contributed by atoms with Gasteiger partial charge in [0, 0.05) is 53.4 Å². The Balaban J connectivity index is 1.78. The monoisotopic (exact) mass is 333 g/mol. The lowest BCUT2D eigenvalue weighted by molar-refractivity contribution is 0.0711. The highest BCUT2D eigenvalue weighted by Gasteiger charge is 2.26. The van der Waals surface area contributed by atoms with E-state index in [2.05, 4.69) is 4.90 Å². The molecule has 2 aliphatic rings. The lowest BCUT2D eigenvalue weighted by Crippen LogP contribution is -2.51. The number of hydrogen-bond donors (Lipinski definition) is 0. The molecular weight excluding hydrogens is 310 g/mol. The van der Waals surface area contributed by atoms with Gasteiger partial charge < -0.3 is 9.64 Å². The first-order valence-corrected chi connectivity index (χ1v) is 8.32. The normalized spacial score (nSPS) is 21.9. The highest BCUT2D eigenvalue weighted by Crippen LogP contribution is 2.19. The van der Waals surface area contributed by atoms with Crippen molar-refractivity contribution in [2.45, 2.75) is 18.9 Å². The second-order valence-electron chi connectivity index (χ2n) is 6.44. The molecule has 2 fully saturated rings. The number of ether oxygens (including phenoxy) is 1. The fraction of sp³-hybridized carbons (Fsp3) is 0.688. The van der Waals surface area contributed by atoms with Crippen LogP contribution in [0.3, 0.4) is 0 Å². The van der Waals surface area contributed by atoms with Crippen LogP contribution < -0.4 is 16.1 Å². The molecule has 2 saturated heterocycles. The molecule has 0 amide bonds.